The Bertz CT molecular complexity index is 691. The van der Waals surface area contributed by atoms with Crippen molar-refractivity contribution >= 4 is 11.7 Å². The van der Waals surface area contributed by atoms with Gasteiger partial charge in [0, 0.05) is 12.6 Å². The fourth-order valence-electron chi connectivity index (χ4n) is 3.25. The van der Waals surface area contributed by atoms with Crippen molar-refractivity contribution in [2.75, 3.05) is 5.32 Å². The van der Waals surface area contributed by atoms with Gasteiger partial charge in [0.2, 0.25) is 0 Å². The van der Waals surface area contributed by atoms with Crippen molar-refractivity contribution in [2.45, 2.75) is 58.0 Å². The summed E-state index contributed by atoms with van der Waals surface area (Å²) in [6.07, 6.45) is 10.8. The molecule has 1 aliphatic carbocycles. The number of nitrogens with one attached hydrogen (secondary N) is 2. The summed E-state index contributed by atoms with van der Waals surface area (Å²) in [5.74, 6) is 0.553. The Morgan fingerprint density at radius 3 is 2.60 bits per heavy atom. The molecule has 0 unspecified atom stereocenters. The number of carbonyl (C=O) groups excluding carboxylic acids is 1. The quantitative estimate of drug-likeness (QED) is 0.813. The van der Waals surface area contributed by atoms with Gasteiger partial charge in [-0.3, -0.25) is 4.79 Å². The second kappa shape index (κ2) is 8.60. The summed E-state index contributed by atoms with van der Waals surface area (Å²) >= 11 is 0. The number of amides is 1. The molecule has 5 heteroatoms. The Hall–Kier alpha value is -2.43. The Morgan fingerprint density at radius 2 is 1.92 bits per heavy atom. The first-order chi connectivity index (χ1) is 12.2. The molecule has 1 aliphatic rings. The molecule has 1 amide bonds. The van der Waals surface area contributed by atoms with E-state index in [0.717, 1.165) is 11.4 Å². The molecule has 2 aromatic rings. The van der Waals surface area contributed by atoms with Crippen LogP contribution in [0.1, 0.15) is 60.1 Å². The smallest absolute Gasteiger partial charge is 0.271 e. The number of hydrogen-bond acceptors (Lipinski definition) is 4. The number of rotatable bonds is 5. The van der Waals surface area contributed by atoms with Gasteiger partial charge in [-0.2, -0.15) is 0 Å². The van der Waals surface area contributed by atoms with Crippen molar-refractivity contribution in [1.82, 2.24) is 15.3 Å². The largest absolute Gasteiger partial charge is 0.366 e. The maximum atomic E-state index is 12.2. The first-order valence-electron chi connectivity index (χ1n) is 9.13. The van der Waals surface area contributed by atoms with Crippen LogP contribution in [0.4, 0.5) is 5.82 Å². The molecule has 0 radical (unpaired) electrons. The Morgan fingerprint density at radius 1 is 1.12 bits per heavy atom. The minimum Gasteiger partial charge on any atom is -0.366 e. The summed E-state index contributed by atoms with van der Waals surface area (Å²) in [7, 11) is 0. The molecule has 1 saturated carbocycles. The number of aryl methyl sites for hydroxylation is 1. The van der Waals surface area contributed by atoms with Crippen LogP contribution in [0.15, 0.2) is 36.7 Å². The lowest BCUT2D eigenvalue weighted by Crippen LogP contribution is -2.24. The fourth-order valence-corrected chi connectivity index (χ4v) is 3.25. The van der Waals surface area contributed by atoms with Crippen molar-refractivity contribution in [3.05, 3.63) is 53.5 Å². The SMILES string of the molecule is Cc1cccc(CNC(=O)c2cnc(NC3CCCCCC3)cn2)c1. The van der Waals surface area contributed by atoms with Crippen LogP contribution in [-0.2, 0) is 6.54 Å². The topological polar surface area (TPSA) is 66.9 Å². The van der Waals surface area contributed by atoms with Gasteiger partial charge in [0.25, 0.3) is 5.91 Å². The van der Waals surface area contributed by atoms with E-state index in [9.17, 15) is 4.79 Å². The third kappa shape index (κ3) is 5.28. The Balaban J connectivity index is 1.53. The van der Waals surface area contributed by atoms with Crippen LogP contribution >= 0.6 is 0 Å². The minimum atomic E-state index is -0.199. The number of hydrogen-bond donors (Lipinski definition) is 2. The van der Waals surface area contributed by atoms with E-state index < -0.39 is 0 Å². The van der Waals surface area contributed by atoms with Gasteiger partial charge < -0.3 is 10.6 Å². The first-order valence-corrected chi connectivity index (χ1v) is 9.13. The molecule has 0 spiro atoms. The molecule has 1 aromatic carbocycles. The van der Waals surface area contributed by atoms with Gasteiger partial charge in [-0.25, -0.2) is 9.97 Å². The van der Waals surface area contributed by atoms with E-state index >= 15 is 0 Å². The molecule has 3 rings (SSSR count). The van der Waals surface area contributed by atoms with Crippen molar-refractivity contribution < 1.29 is 4.79 Å². The van der Waals surface area contributed by atoms with E-state index in [2.05, 4.69) is 26.7 Å². The van der Waals surface area contributed by atoms with Crippen LogP contribution in [0.5, 0.6) is 0 Å². The summed E-state index contributed by atoms with van der Waals surface area (Å²) in [4.78, 5) is 20.8. The van der Waals surface area contributed by atoms with Gasteiger partial charge >= 0.3 is 0 Å². The molecule has 0 saturated heterocycles. The van der Waals surface area contributed by atoms with Crippen LogP contribution in [0.25, 0.3) is 0 Å². The van der Waals surface area contributed by atoms with E-state index in [1.807, 2.05) is 25.1 Å². The molecular weight excluding hydrogens is 312 g/mol. The van der Waals surface area contributed by atoms with Gasteiger partial charge in [0.05, 0.1) is 12.4 Å². The molecule has 132 valence electrons. The highest BCUT2D eigenvalue weighted by molar-refractivity contribution is 5.91. The number of benzene rings is 1. The minimum absolute atomic E-state index is 0.199. The zero-order chi connectivity index (χ0) is 17.5. The summed E-state index contributed by atoms with van der Waals surface area (Å²) in [5.41, 5.74) is 2.60. The average Bonchev–Trinajstić information content (AvgIpc) is 2.89. The van der Waals surface area contributed by atoms with E-state index in [1.165, 1.54) is 44.1 Å². The third-order valence-corrected chi connectivity index (χ3v) is 4.63. The van der Waals surface area contributed by atoms with E-state index in [1.54, 1.807) is 12.4 Å². The van der Waals surface area contributed by atoms with Gasteiger partial charge in [-0.1, -0.05) is 55.5 Å². The standard InChI is InChI=1S/C20H26N4O/c1-15-7-6-8-16(11-15)12-23-20(25)18-13-22-19(14-21-18)24-17-9-4-2-3-5-10-17/h6-8,11,13-14,17H,2-5,9-10,12H2,1H3,(H,22,24)(H,23,25). The number of nitrogens with zero attached hydrogens (tertiary/aromatic N) is 2. The lowest BCUT2D eigenvalue weighted by molar-refractivity contribution is 0.0945. The highest BCUT2D eigenvalue weighted by atomic mass is 16.1. The highest BCUT2D eigenvalue weighted by Gasteiger charge is 2.13. The van der Waals surface area contributed by atoms with Crippen LogP contribution in [0.3, 0.4) is 0 Å². The van der Waals surface area contributed by atoms with Crippen LogP contribution < -0.4 is 10.6 Å². The molecule has 1 aromatic heterocycles. The molecule has 0 aliphatic heterocycles. The number of anilines is 1. The normalized spacial score (nSPS) is 15.4. The van der Waals surface area contributed by atoms with Crippen LogP contribution in [0.2, 0.25) is 0 Å². The van der Waals surface area contributed by atoms with E-state index in [-0.39, 0.29) is 5.91 Å². The van der Waals surface area contributed by atoms with Crippen molar-refractivity contribution in [2.24, 2.45) is 0 Å². The highest BCUT2D eigenvalue weighted by Crippen LogP contribution is 2.20. The van der Waals surface area contributed by atoms with Gasteiger partial charge in [-0.15, -0.1) is 0 Å². The first kappa shape index (κ1) is 17.4. The lowest BCUT2D eigenvalue weighted by atomic mass is 10.1. The van der Waals surface area contributed by atoms with Crippen molar-refractivity contribution in [3.63, 3.8) is 0 Å². The molecule has 25 heavy (non-hydrogen) atoms. The Kier molecular flexibility index (Phi) is 5.99. The summed E-state index contributed by atoms with van der Waals surface area (Å²) in [6, 6.07) is 8.56. The second-order valence-corrected chi connectivity index (χ2v) is 6.79. The summed E-state index contributed by atoms with van der Waals surface area (Å²) < 4.78 is 0. The maximum Gasteiger partial charge on any atom is 0.271 e. The van der Waals surface area contributed by atoms with Gasteiger partial charge in [0.15, 0.2) is 0 Å². The maximum absolute atomic E-state index is 12.2. The number of aromatic nitrogens is 2. The van der Waals surface area contributed by atoms with Crippen molar-refractivity contribution in [3.8, 4) is 0 Å². The second-order valence-electron chi connectivity index (χ2n) is 6.79. The molecule has 2 N–H and O–H groups in total. The van der Waals surface area contributed by atoms with Crippen LogP contribution in [0, 0.1) is 6.92 Å². The summed E-state index contributed by atoms with van der Waals surface area (Å²) in [5, 5.41) is 6.34. The lowest BCUT2D eigenvalue weighted by Gasteiger charge is -2.16. The molecule has 0 atom stereocenters. The van der Waals surface area contributed by atoms with E-state index in [0.29, 0.717) is 18.3 Å². The molecule has 1 fully saturated rings. The predicted octanol–water partition coefficient (Wildman–Crippen LogP) is 3.85. The van der Waals surface area contributed by atoms with E-state index in [4.69, 9.17) is 0 Å². The predicted molar refractivity (Wildman–Crippen MR) is 99.5 cm³/mol. The van der Waals surface area contributed by atoms with Gasteiger partial charge in [0.1, 0.15) is 11.5 Å². The Labute approximate surface area is 149 Å². The zero-order valence-electron chi connectivity index (χ0n) is 14.8. The number of carbonyl (C=O) groups is 1. The molecule has 5 nitrogen and oxygen atoms in total. The molecular formula is C20H26N4O. The fraction of sp³-hybridized carbons (Fsp3) is 0.450. The van der Waals surface area contributed by atoms with Gasteiger partial charge in [-0.05, 0) is 25.3 Å². The van der Waals surface area contributed by atoms with Crippen molar-refractivity contribution in [1.29, 1.82) is 0 Å². The molecule has 0 bridgehead atoms. The van der Waals surface area contributed by atoms with Crippen LogP contribution in [-0.4, -0.2) is 21.9 Å². The average molecular weight is 338 g/mol. The third-order valence-electron chi connectivity index (χ3n) is 4.63. The zero-order valence-corrected chi connectivity index (χ0v) is 14.8. The molecule has 1 heterocycles. The monoisotopic (exact) mass is 338 g/mol. The summed E-state index contributed by atoms with van der Waals surface area (Å²) in [6.45, 7) is 2.53.